The van der Waals surface area contributed by atoms with Gasteiger partial charge in [0.1, 0.15) is 0 Å². The van der Waals surface area contributed by atoms with E-state index in [1.54, 1.807) is 9.95 Å². The number of hydrogen-bond acceptors (Lipinski definition) is 3. The van der Waals surface area contributed by atoms with Crippen LogP contribution in [0.2, 0.25) is 0 Å². The molecule has 3 nitrogen and oxygen atoms in total. The van der Waals surface area contributed by atoms with Crippen molar-refractivity contribution < 1.29 is 14.5 Å². The molecule has 15 heavy (non-hydrogen) atoms. The Morgan fingerprint density at radius 1 is 1.33 bits per heavy atom. The second kappa shape index (κ2) is 3.82. The molecule has 0 bridgehead atoms. The number of carbonyl (C=O) groups is 1. The average molecular weight is 219 g/mol. The highest BCUT2D eigenvalue weighted by Gasteiger charge is 2.20. The normalized spacial score (nSPS) is 10.2. The largest absolute Gasteiger partial charge is 0.539 e. The lowest BCUT2D eigenvalue weighted by molar-refractivity contribution is -0.602. The summed E-state index contributed by atoms with van der Waals surface area (Å²) in [6.45, 7) is 1.87. The van der Waals surface area contributed by atoms with Crippen LogP contribution < -0.4 is 9.67 Å². The van der Waals surface area contributed by atoms with Crippen molar-refractivity contribution in [2.75, 3.05) is 0 Å². The van der Waals surface area contributed by atoms with Crippen molar-refractivity contribution in [3.63, 3.8) is 0 Å². The van der Waals surface area contributed by atoms with Crippen molar-refractivity contribution >= 4 is 17.3 Å². The van der Waals surface area contributed by atoms with E-state index in [2.05, 4.69) is 0 Å². The second-order valence-electron chi connectivity index (χ2n) is 3.14. The molecule has 1 aromatic heterocycles. The molecule has 0 saturated carbocycles. The van der Waals surface area contributed by atoms with Gasteiger partial charge in [0.05, 0.1) is 5.38 Å². The third kappa shape index (κ3) is 1.76. The summed E-state index contributed by atoms with van der Waals surface area (Å²) in [5.41, 5.74) is 1.74. The zero-order chi connectivity index (χ0) is 10.8. The van der Waals surface area contributed by atoms with Crippen LogP contribution in [0.15, 0.2) is 35.7 Å². The van der Waals surface area contributed by atoms with E-state index in [-0.39, 0.29) is 5.01 Å². The number of thiazole rings is 1. The van der Waals surface area contributed by atoms with E-state index >= 15 is 0 Å². The van der Waals surface area contributed by atoms with Gasteiger partial charge in [-0.15, -0.1) is 4.57 Å². The molecule has 0 unspecified atom stereocenters. The molecule has 0 spiro atoms. The summed E-state index contributed by atoms with van der Waals surface area (Å²) in [7, 11) is 0. The Morgan fingerprint density at radius 3 is 2.60 bits per heavy atom. The SMILES string of the molecule is Cc1csc(C(=O)[O-])[n+]1-c1ccccc1. The van der Waals surface area contributed by atoms with Crippen LogP contribution >= 0.6 is 11.3 Å². The predicted molar refractivity (Wildman–Crippen MR) is 54.9 cm³/mol. The zero-order valence-corrected chi connectivity index (χ0v) is 8.95. The van der Waals surface area contributed by atoms with E-state index in [4.69, 9.17) is 0 Å². The van der Waals surface area contributed by atoms with Crippen LogP contribution in [0.1, 0.15) is 15.5 Å². The number of aromatic carboxylic acids is 1. The molecule has 0 aliphatic heterocycles. The molecule has 1 heterocycles. The summed E-state index contributed by atoms with van der Waals surface area (Å²) in [6, 6.07) is 9.37. The molecular formula is C11H9NO2S. The summed E-state index contributed by atoms with van der Waals surface area (Å²) < 4.78 is 1.68. The van der Waals surface area contributed by atoms with Gasteiger partial charge in [-0.2, -0.15) is 0 Å². The molecular weight excluding hydrogens is 210 g/mol. The van der Waals surface area contributed by atoms with Crippen LogP contribution in [0.5, 0.6) is 0 Å². The van der Waals surface area contributed by atoms with Crippen LogP contribution in [0.4, 0.5) is 0 Å². The molecule has 4 heteroatoms. The Morgan fingerprint density at radius 2 is 2.00 bits per heavy atom. The summed E-state index contributed by atoms with van der Waals surface area (Å²) >= 11 is 1.18. The van der Waals surface area contributed by atoms with Crippen LogP contribution in [-0.2, 0) is 0 Å². The summed E-state index contributed by atoms with van der Waals surface area (Å²) in [5, 5.41) is 12.9. The molecule has 76 valence electrons. The van der Waals surface area contributed by atoms with Crippen LogP contribution in [0.3, 0.4) is 0 Å². The maximum atomic E-state index is 10.9. The highest BCUT2D eigenvalue weighted by Crippen LogP contribution is 2.10. The molecule has 0 N–H and O–H groups in total. The van der Waals surface area contributed by atoms with E-state index in [9.17, 15) is 9.90 Å². The van der Waals surface area contributed by atoms with Gasteiger partial charge in [-0.1, -0.05) is 29.5 Å². The van der Waals surface area contributed by atoms with Gasteiger partial charge >= 0.3 is 0 Å². The first-order valence-electron chi connectivity index (χ1n) is 4.47. The maximum Gasteiger partial charge on any atom is 0.290 e. The lowest BCUT2D eigenvalue weighted by Crippen LogP contribution is -2.41. The molecule has 0 amide bonds. The van der Waals surface area contributed by atoms with Crippen LogP contribution in [0, 0.1) is 6.92 Å². The fraction of sp³-hybridized carbons (Fsp3) is 0.0909. The number of hydrogen-bond donors (Lipinski definition) is 0. The second-order valence-corrected chi connectivity index (χ2v) is 4.00. The summed E-state index contributed by atoms with van der Waals surface area (Å²) in [6.07, 6.45) is 0. The monoisotopic (exact) mass is 219 g/mol. The van der Waals surface area contributed by atoms with Gasteiger partial charge in [-0.25, -0.2) is 0 Å². The topological polar surface area (TPSA) is 44.0 Å². The van der Waals surface area contributed by atoms with Gasteiger partial charge in [0, 0.05) is 19.1 Å². The summed E-state index contributed by atoms with van der Waals surface area (Å²) in [5.74, 6) is -1.14. The highest BCUT2D eigenvalue weighted by atomic mass is 32.1. The minimum Gasteiger partial charge on any atom is -0.539 e. The molecule has 2 aromatic rings. The van der Waals surface area contributed by atoms with Gasteiger partial charge in [0.2, 0.25) is 5.69 Å². The maximum absolute atomic E-state index is 10.9. The molecule has 0 fully saturated rings. The number of aromatic nitrogens is 1. The molecule has 0 atom stereocenters. The first-order valence-corrected chi connectivity index (χ1v) is 5.35. The minimum absolute atomic E-state index is 0.221. The summed E-state index contributed by atoms with van der Waals surface area (Å²) in [4.78, 5) is 10.9. The Labute approximate surface area is 91.2 Å². The highest BCUT2D eigenvalue weighted by molar-refractivity contribution is 7.11. The van der Waals surface area contributed by atoms with Crippen molar-refractivity contribution in [3.8, 4) is 5.69 Å². The molecule has 0 aliphatic carbocycles. The van der Waals surface area contributed by atoms with Gasteiger partial charge in [-0.3, -0.25) is 0 Å². The van der Waals surface area contributed by atoms with Crippen molar-refractivity contribution in [3.05, 3.63) is 46.4 Å². The number of benzene rings is 1. The number of carboxylic acids is 1. The Kier molecular flexibility index (Phi) is 2.51. The first kappa shape index (κ1) is 9.86. The number of carboxylic acid groups (broad SMARTS) is 1. The smallest absolute Gasteiger partial charge is 0.290 e. The van der Waals surface area contributed by atoms with E-state index in [0.717, 1.165) is 11.4 Å². The van der Waals surface area contributed by atoms with E-state index < -0.39 is 5.97 Å². The molecule has 0 aliphatic rings. The van der Waals surface area contributed by atoms with Crippen molar-refractivity contribution in [1.82, 2.24) is 0 Å². The predicted octanol–water partition coefficient (Wildman–Crippen LogP) is 0.697. The number of carbonyl (C=O) groups excluding carboxylic acids is 1. The van der Waals surface area contributed by atoms with Crippen molar-refractivity contribution in [1.29, 1.82) is 0 Å². The quantitative estimate of drug-likeness (QED) is 0.698. The Hall–Kier alpha value is -1.68. The minimum atomic E-state index is -1.14. The number of aryl methyl sites for hydroxylation is 1. The zero-order valence-electron chi connectivity index (χ0n) is 8.14. The van der Waals surface area contributed by atoms with Gasteiger partial charge < -0.3 is 9.90 Å². The van der Waals surface area contributed by atoms with Crippen molar-refractivity contribution in [2.24, 2.45) is 0 Å². The van der Waals surface area contributed by atoms with E-state index in [1.807, 2.05) is 37.3 Å². The molecule has 2 rings (SSSR count). The molecule has 1 aromatic carbocycles. The van der Waals surface area contributed by atoms with Gasteiger partial charge in [-0.05, 0) is 0 Å². The van der Waals surface area contributed by atoms with Gasteiger partial charge in [0.15, 0.2) is 11.7 Å². The third-order valence-electron chi connectivity index (χ3n) is 2.09. The standard InChI is InChI=1S/C11H9NO2S/c1-8-7-15-10(11(13)14)12(8)9-5-3-2-4-6-9/h2-7H,1H3. The number of para-hydroxylation sites is 1. The first-order chi connectivity index (χ1) is 7.20. The van der Waals surface area contributed by atoms with Gasteiger partial charge in [0.25, 0.3) is 5.01 Å². The lowest BCUT2D eigenvalue weighted by Gasteiger charge is -1.99. The molecule has 0 saturated heterocycles. The lowest BCUT2D eigenvalue weighted by atomic mass is 10.3. The Balaban J connectivity index is 2.62. The Bertz CT molecular complexity index is 491. The third-order valence-corrected chi connectivity index (χ3v) is 3.12. The fourth-order valence-corrected chi connectivity index (χ4v) is 2.28. The average Bonchev–Trinajstić information content (AvgIpc) is 2.61. The van der Waals surface area contributed by atoms with Crippen LogP contribution in [-0.4, -0.2) is 5.97 Å². The van der Waals surface area contributed by atoms with Crippen LogP contribution in [0.25, 0.3) is 5.69 Å². The molecule has 0 radical (unpaired) electrons. The fourth-order valence-electron chi connectivity index (χ4n) is 1.44. The van der Waals surface area contributed by atoms with E-state index in [0.29, 0.717) is 0 Å². The van der Waals surface area contributed by atoms with E-state index in [1.165, 1.54) is 11.3 Å². The van der Waals surface area contributed by atoms with Crippen molar-refractivity contribution in [2.45, 2.75) is 6.92 Å². The number of nitrogens with zero attached hydrogens (tertiary/aromatic N) is 1. The number of rotatable bonds is 2.